The molecule has 6 heteroatoms. The molecule has 3 aromatic rings. The lowest BCUT2D eigenvalue weighted by molar-refractivity contribution is -0.122. The molecule has 0 aliphatic heterocycles. The average molecular weight is 399 g/mol. The third-order valence-electron chi connectivity index (χ3n) is 4.88. The van der Waals surface area contributed by atoms with Crippen LogP contribution in [0.5, 0.6) is 5.75 Å². The largest absolute Gasteiger partial charge is 0.480 e. The van der Waals surface area contributed by atoms with E-state index in [2.05, 4.69) is 5.32 Å². The predicted octanol–water partition coefficient (Wildman–Crippen LogP) is 5.06. The Hall–Kier alpha value is -2.60. The highest BCUT2D eigenvalue weighted by Gasteiger charge is 2.20. The smallest absolute Gasteiger partial charge is 0.308 e. The lowest BCUT2D eigenvalue weighted by Crippen LogP contribution is -2.32. The van der Waals surface area contributed by atoms with Gasteiger partial charge in [-0.15, -0.1) is 0 Å². The molecular weight excluding hydrogens is 372 g/mol. The molecule has 0 bridgehead atoms. The Morgan fingerprint density at radius 1 is 1.21 bits per heavy atom. The molecule has 3 rings (SSSR count). The molecule has 0 saturated carbocycles. The molecule has 148 valence electrons. The minimum absolute atomic E-state index is 0.0122. The van der Waals surface area contributed by atoms with Crippen molar-refractivity contribution in [3.8, 4) is 5.75 Å². The van der Waals surface area contributed by atoms with Gasteiger partial charge in [-0.3, -0.25) is 14.2 Å². The number of aryl methyl sites for hydroxylation is 1. The van der Waals surface area contributed by atoms with Crippen LogP contribution in [-0.4, -0.2) is 16.6 Å². The van der Waals surface area contributed by atoms with Crippen molar-refractivity contribution in [3.05, 3.63) is 57.2 Å². The molecule has 2 aromatic carbocycles. The van der Waals surface area contributed by atoms with Gasteiger partial charge in [0.25, 0.3) is 5.91 Å². The number of thiazole rings is 1. The zero-order valence-electron chi connectivity index (χ0n) is 16.9. The lowest BCUT2D eigenvalue weighted by Gasteiger charge is -2.19. The number of nitrogens with zero attached hydrogens (tertiary/aromatic N) is 1. The third kappa shape index (κ3) is 3.97. The Morgan fingerprint density at radius 3 is 2.64 bits per heavy atom. The number of carbonyl (C=O) groups excluding carboxylic acids is 1. The van der Waals surface area contributed by atoms with Crippen molar-refractivity contribution in [2.45, 2.75) is 53.2 Å². The van der Waals surface area contributed by atoms with Crippen LogP contribution in [-0.2, 0) is 4.79 Å². The van der Waals surface area contributed by atoms with Gasteiger partial charge in [0.2, 0.25) is 0 Å². The number of nitrogens with one attached hydrogen (secondary N) is 1. The summed E-state index contributed by atoms with van der Waals surface area (Å²) in [6.45, 7) is 9.91. The van der Waals surface area contributed by atoms with Crippen LogP contribution in [0.2, 0.25) is 0 Å². The molecule has 5 nitrogen and oxygen atoms in total. The summed E-state index contributed by atoms with van der Waals surface area (Å²) in [5.74, 6) is 0.531. The minimum atomic E-state index is -0.588. The molecule has 0 saturated heterocycles. The van der Waals surface area contributed by atoms with Gasteiger partial charge in [-0.25, -0.2) is 0 Å². The molecule has 0 unspecified atom stereocenters. The van der Waals surface area contributed by atoms with Gasteiger partial charge in [-0.05, 0) is 69.5 Å². The monoisotopic (exact) mass is 398 g/mol. The highest BCUT2D eigenvalue weighted by molar-refractivity contribution is 7.16. The minimum Gasteiger partial charge on any atom is -0.480 e. The Bertz CT molecular complexity index is 1070. The number of rotatable bonds is 6. The number of benzene rings is 2. The number of ether oxygens (including phenoxy) is 1. The highest BCUT2D eigenvalue weighted by atomic mass is 32.1. The zero-order chi connectivity index (χ0) is 20.4. The van der Waals surface area contributed by atoms with Gasteiger partial charge in [0.05, 0.1) is 10.2 Å². The van der Waals surface area contributed by atoms with E-state index in [1.165, 1.54) is 11.3 Å². The van der Waals surface area contributed by atoms with Crippen molar-refractivity contribution in [2.75, 3.05) is 5.32 Å². The summed E-state index contributed by atoms with van der Waals surface area (Å²) in [6, 6.07) is 11.5. The Balaban J connectivity index is 1.80. The van der Waals surface area contributed by atoms with Crippen LogP contribution >= 0.6 is 11.3 Å². The molecule has 1 heterocycles. The molecule has 1 amide bonds. The van der Waals surface area contributed by atoms with Crippen LogP contribution in [0.15, 0.2) is 41.2 Å². The molecule has 1 aromatic heterocycles. The van der Waals surface area contributed by atoms with E-state index >= 15 is 0 Å². The van der Waals surface area contributed by atoms with Crippen molar-refractivity contribution in [1.82, 2.24) is 4.57 Å². The van der Waals surface area contributed by atoms with Crippen LogP contribution in [0.25, 0.3) is 10.2 Å². The fraction of sp³-hybridized carbons (Fsp3) is 0.364. The molecule has 28 heavy (non-hydrogen) atoms. The van der Waals surface area contributed by atoms with E-state index in [9.17, 15) is 9.59 Å². The van der Waals surface area contributed by atoms with Gasteiger partial charge in [0.15, 0.2) is 6.10 Å². The summed E-state index contributed by atoms with van der Waals surface area (Å²) in [7, 11) is 0. The highest BCUT2D eigenvalue weighted by Crippen LogP contribution is 2.25. The van der Waals surface area contributed by atoms with Crippen LogP contribution in [0.1, 0.15) is 44.4 Å². The standard InChI is InChI=1S/C22H26N2O3S/c1-6-18(27-19-9-7-8-14(4)15(19)5)21(25)23-16-10-11-17-20(12-16)28-22(26)24(17)13(2)3/h7-13,18H,6H2,1-5H3,(H,23,25)/t18-/m1/s1. The van der Waals surface area contributed by atoms with Gasteiger partial charge in [0.1, 0.15) is 5.75 Å². The number of anilines is 1. The van der Waals surface area contributed by atoms with E-state index in [0.29, 0.717) is 12.1 Å². The fourth-order valence-corrected chi connectivity index (χ4v) is 4.21. The summed E-state index contributed by atoms with van der Waals surface area (Å²) >= 11 is 1.19. The van der Waals surface area contributed by atoms with E-state index in [0.717, 1.165) is 27.1 Å². The first kappa shape index (κ1) is 20.1. The molecular formula is C22H26N2O3S. The van der Waals surface area contributed by atoms with Gasteiger partial charge in [-0.2, -0.15) is 0 Å². The molecule has 1 N–H and O–H groups in total. The van der Waals surface area contributed by atoms with Gasteiger partial charge in [-0.1, -0.05) is 30.4 Å². The van der Waals surface area contributed by atoms with Crippen molar-refractivity contribution in [1.29, 1.82) is 0 Å². The fourth-order valence-electron chi connectivity index (χ4n) is 3.15. The van der Waals surface area contributed by atoms with E-state index in [-0.39, 0.29) is 16.8 Å². The topological polar surface area (TPSA) is 60.3 Å². The van der Waals surface area contributed by atoms with E-state index in [1.54, 1.807) is 4.57 Å². The second kappa shape index (κ2) is 8.19. The summed E-state index contributed by atoms with van der Waals surface area (Å²) in [4.78, 5) is 25.0. The Morgan fingerprint density at radius 2 is 1.96 bits per heavy atom. The molecule has 0 radical (unpaired) electrons. The molecule has 0 aliphatic rings. The third-order valence-corrected chi connectivity index (χ3v) is 5.80. The van der Waals surface area contributed by atoms with Crippen molar-refractivity contribution in [2.24, 2.45) is 0 Å². The first-order valence-corrected chi connectivity index (χ1v) is 10.3. The zero-order valence-corrected chi connectivity index (χ0v) is 17.7. The van der Waals surface area contributed by atoms with E-state index in [4.69, 9.17) is 4.74 Å². The number of carbonyl (C=O) groups is 1. The van der Waals surface area contributed by atoms with Gasteiger partial charge in [0, 0.05) is 11.7 Å². The first-order chi connectivity index (χ1) is 13.3. The maximum absolute atomic E-state index is 12.8. The SMILES string of the molecule is CC[C@@H](Oc1cccc(C)c1C)C(=O)Nc1ccc2c(c1)sc(=O)n2C(C)C. The lowest BCUT2D eigenvalue weighted by atomic mass is 10.1. The van der Waals surface area contributed by atoms with Crippen molar-refractivity contribution in [3.63, 3.8) is 0 Å². The number of hydrogen-bond acceptors (Lipinski definition) is 4. The molecule has 0 fully saturated rings. The average Bonchev–Trinajstić information content (AvgIpc) is 2.97. The molecule has 0 aliphatic carbocycles. The number of fused-ring (bicyclic) bond motifs is 1. The van der Waals surface area contributed by atoms with Gasteiger partial charge >= 0.3 is 4.87 Å². The van der Waals surface area contributed by atoms with Crippen LogP contribution in [0.4, 0.5) is 5.69 Å². The van der Waals surface area contributed by atoms with Crippen LogP contribution in [0.3, 0.4) is 0 Å². The molecule has 0 spiro atoms. The van der Waals surface area contributed by atoms with E-state index < -0.39 is 6.10 Å². The summed E-state index contributed by atoms with van der Waals surface area (Å²) < 4.78 is 8.62. The maximum atomic E-state index is 12.8. The summed E-state index contributed by atoms with van der Waals surface area (Å²) in [5.41, 5.74) is 3.72. The summed E-state index contributed by atoms with van der Waals surface area (Å²) in [5, 5.41) is 2.93. The number of amides is 1. The van der Waals surface area contributed by atoms with Gasteiger partial charge < -0.3 is 10.1 Å². The Kier molecular flexibility index (Phi) is 5.89. The summed E-state index contributed by atoms with van der Waals surface area (Å²) in [6.07, 6.45) is -0.0337. The Labute approximate surface area is 169 Å². The second-order valence-corrected chi connectivity index (χ2v) is 8.21. The predicted molar refractivity (Wildman–Crippen MR) is 116 cm³/mol. The normalized spacial score (nSPS) is 12.4. The van der Waals surface area contributed by atoms with Crippen molar-refractivity contribution < 1.29 is 9.53 Å². The number of hydrogen-bond donors (Lipinski definition) is 1. The second-order valence-electron chi connectivity index (χ2n) is 7.22. The first-order valence-electron chi connectivity index (χ1n) is 9.50. The number of aromatic nitrogens is 1. The maximum Gasteiger partial charge on any atom is 0.308 e. The quantitative estimate of drug-likeness (QED) is 0.631. The van der Waals surface area contributed by atoms with Crippen LogP contribution < -0.4 is 14.9 Å². The van der Waals surface area contributed by atoms with Crippen LogP contribution in [0, 0.1) is 13.8 Å². The van der Waals surface area contributed by atoms with Crippen molar-refractivity contribution >= 4 is 33.1 Å². The molecule has 1 atom stereocenters. The van der Waals surface area contributed by atoms with E-state index in [1.807, 2.05) is 71.0 Å².